The lowest BCUT2D eigenvalue weighted by Crippen LogP contribution is -2.57. The number of carboxylic acids is 1. The van der Waals surface area contributed by atoms with Crippen LogP contribution in [0.15, 0.2) is 24.3 Å². The van der Waals surface area contributed by atoms with Crippen LogP contribution in [0, 0.1) is 0 Å². The van der Waals surface area contributed by atoms with Crippen LogP contribution < -0.4 is 5.32 Å². The lowest BCUT2D eigenvalue weighted by Gasteiger charge is -2.37. The number of carbonyl (C=O) groups is 2. The van der Waals surface area contributed by atoms with Gasteiger partial charge in [-0.25, -0.2) is 4.79 Å². The molecule has 2 heterocycles. The first kappa shape index (κ1) is 14.0. The van der Waals surface area contributed by atoms with E-state index in [-0.39, 0.29) is 5.91 Å². The monoisotopic (exact) mass is 290 g/mol. The average molecular weight is 290 g/mol. The van der Waals surface area contributed by atoms with E-state index < -0.39 is 18.1 Å². The molecule has 21 heavy (non-hydrogen) atoms. The second kappa shape index (κ2) is 5.83. The summed E-state index contributed by atoms with van der Waals surface area (Å²) in [7, 11) is 0. The van der Waals surface area contributed by atoms with Gasteiger partial charge in [0.1, 0.15) is 12.1 Å². The maximum Gasteiger partial charge on any atom is 0.326 e. The van der Waals surface area contributed by atoms with E-state index in [0.29, 0.717) is 32.7 Å². The molecule has 0 spiro atoms. The molecule has 112 valence electrons. The molecule has 1 fully saturated rings. The summed E-state index contributed by atoms with van der Waals surface area (Å²) in [5, 5.41) is 12.5. The number of hydrogen-bond donors (Lipinski definition) is 2. The van der Waals surface area contributed by atoms with Crippen LogP contribution >= 0.6 is 0 Å². The van der Waals surface area contributed by atoms with E-state index in [4.69, 9.17) is 4.74 Å². The molecular weight excluding hydrogens is 272 g/mol. The van der Waals surface area contributed by atoms with Crippen molar-refractivity contribution in [1.82, 2.24) is 10.2 Å². The fourth-order valence-corrected chi connectivity index (χ4v) is 2.90. The van der Waals surface area contributed by atoms with Crippen molar-refractivity contribution >= 4 is 11.9 Å². The summed E-state index contributed by atoms with van der Waals surface area (Å²) in [6.45, 7) is 1.82. The minimum absolute atomic E-state index is 0.198. The van der Waals surface area contributed by atoms with Crippen LogP contribution in [0.5, 0.6) is 0 Å². The minimum Gasteiger partial charge on any atom is -0.480 e. The van der Waals surface area contributed by atoms with Gasteiger partial charge in [-0.1, -0.05) is 24.3 Å². The van der Waals surface area contributed by atoms with Gasteiger partial charge in [0.05, 0.1) is 13.2 Å². The molecule has 2 N–H and O–H groups in total. The molecule has 2 aliphatic rings. The molecule has 1 amide bonds. The van der Waals surface area contributed by atoms with Crippen LogP contribution in [0.2, 0.25) is 0 Å². The number of hydrogen-bond acceptors (Lipinski definition) is 4. The number of nitrogens with one attached hydrogen (secondary N) is 1. The zero-order chi connectivity index (χ0) is 14.8. The first-order valence-corrected chi connectivity index (χ1v) is 7.08. The Labute approximate surface area is 122 Å². The number of carbonyl (C=O) groups excluding carboxylic acids is 1. The third kappa shape index (κ3) is 2.77. The SMILES string of the molecule is O=C(O)C1Cc2ccccc2CN1C(=O)C1COCCN1. The van der Waals surface area contributed by atoms with Crippen molar-refractivity contribution in [1.29, 1.82) is 0 Å². The predicted molar refractivity (Wildman–Crippen MR) is 74.7 cm³/mol. The van der Waals surface area contributed by atoms with E-state index in [1.807, 2.05) is 24.3 Å². The van der Waals surface area contributed by atoms with Crippen molar-refractivity contribution in [3.05, 3.63) is 35.4 Å². The molecular formula is C15H18N2O4. The van der Waals surface area contributed by atoms with Gasteiger partial charge in [-0.15, -0.1) is 0 Å². The van der Waals surface area contributed by atoms with Gasteiger partial charge < -0.3 is 20.1 Å². The zero-order valence-electron chi connectivity index (χ0n) is 11.6. The number of fused-ring (bicyclic) bond motifs is 1. The molecule has 2 unspecified atom stereocenters. The molecule has 1 saturated heterocycles. The van der Waals surface area contributed by atoms with Crippen molar-refractivity contribution in [3.8, 4) is 0 Å². The van der Waals surface area contributed by atoms with Gasteiger partial charge in [0.2, 0.25) is 5.91 Å². The summed E-state index contributed by atoms with van der Waals surface area (Å²) in [5.74, 6) is -1.16. The number of aliphatic carboxylic acids is 1. The largest absolute Gasteiger partial charge is 0.480 e. The topological polar surface area (TPSA) is 78.9 Å². The third-order valence-electron chi connectivity index (χ3n) is 4.04. The Morgan fingerprint density at radius 2 is 2.05 bits per heavy atom. The fraction of sp³-hybridized carbons (Fsp3) is 0.467. The number of rotatable bonds is 2. The minimum atomic E-state index is -0.963. The van der Waals surface area contributed by atoms with Crippen molar-refractivity contribution in [2.75, 3.05) is 19.8 Å². The van der Waals surface area contributed by atoms with E-state index in [9.17, 15) is 14.7 Å². The number of ether oxygens (including phenoxy) is 1. The van der Waals surface area contributed by atoms with E-state index in [1.165, 1.54) is 4.90 Å². The predicted octanol–water partition coefficient (Wildman–Crippen LogP) is 0.0129. The fourth-order valence-electron chi connectivity index (χ4n) is 2.90. The lowest BCUT2D eigenvalue weighted by molar-refractivity contribution is -0.153. The molecule has 0 radical (unpaired) electrons. The number of amides is 1. The Morgan fingerprint density at radius 1 is 1.29 bits per heavy atom. The van der Waals surface area contributed by atoms with Crippen LogP contribution in [-0.2, 0) is 27.3 Å². The highest BCUT2D eigenvalue weighted by Crippen LogP contribution is 2.24. The first-order chi connectivity index (χ1) is 10.2. The van der Waals surface area contributed by atoms with E-state index in [1.54, 1.807) is 0 Å². The molecule has 3 rings (SSSR count). The van der Waals surface area contributed by atoms with Crippen LogP contribution in [-0.4, -0.2) is 53.7 Å². The Hall–Kier alpha value is -1.92. The highest BCUT2D eigenvalue weighted by molar-refractivity contribution is 5.88. The quantitative estimate of drug-likeness (QED) is 0.802. The van der Waals surface area contributed by atoms with Crippen molar-refractivity contribution in [2.24, 2.45) is 0 Å². The van der Waals surface area contributed by atoms with Crippen molar-refractivity contribution in [3.63, 3.8) is 0 Å². The summed E-state index contributed by atoms with van der Waals surface area (Å²) in [5.41, 5.74) is 2.02. The molecule has 0 bridgehead atoms. The van der Waals surface area contributed by atoms with Crippen molar-refractivity contribution in [2.45, 2.75) is 25.0 Å². The maximum absolute atomic E-state index is 12.6. The van der Waals surface area contributed by atoms with Gasteiger partial charge in [0.15, 0.2) is 0 Å². The maximum atomic E-state index is 12.6. The van der Waals surface area contributed by atoms with Gasteiger partial charge >= 0.3 is 5.97 Å². The molecule has 0 aliphatic carbocycles. The van der Waals surface area contributed by atoms with Gasteiger partial charge in [0.25, 0.3) is 0 Å². The lowest BCUT2D eigenvalue weighted by atomic mass is 9.93. The molecule has 6 nitrogen and oxygen atoms in total. The summed E-state index contributed by atoms with van der Waals surface area (Å²) < 4.78 is 5.30. The van der Waals surface area contributed by atoms with Crippen molar-refractivity contribution < 1.29 is 19.4 Å². The summed E-state index contributed by atoms with van der Waals surface area (Å²) in [4.78, 5) is 25.6. The Morgan fingerprint density at radius 3 is 2.71 bits per heavy atom. The second-order valence-electron chi connectivity index (χ2n) is 5.37. The molecule has 0 aromatic heterocycles. The van der Waals surface area contributed by atoms with E-state index >= 15 is 0 Å². The number of benzene rings is 1. The smallest absolute Gasteiger partial charge is 0.326 e. The molecule has 1 aromatic carbocycles. The normalized spacial score (nSPS) is 25.2. The zero-order valence-corrected chi connectivity index (χ0v) is 11.6. The summed E-state index contributed by atoms with van der Waals surface area (Å²) in [6, 6.07) is 6.41. The van der Waals surface area contributed by atoms with Crippen LogP contribution in [0.25, 0.3) is 0 Å². The Bertz CT molecular complexity index is 554. The Balaban J connectivity index is 1.85. The average Bonchev–Trinajstić information content (AvgIpc) is 2.53. The molecule has 0 saturated carbocycles. The second-order valence-corrected chi connectivity index (χ2v) is 5.37. The van der Waals surface area contributed by atoms with Crippen LogP contribution in [0.1, 0.15) is 11.1 Å². The standard InChI is InChI=1S/C15H18N2O4/c18-14(12-9-21-6-5-16-12)17-8-11-4-2-1-3-10(11)7-13(17)15(19)20/h1-4,12-13,16H,5-9H2,(H,19,20). The van der Waals surface area contributed by atoms with E-state index in [2.05, 4.69) is 5.32 Å². The van der Waals surface area contributed by atoms with Crippen LogP contribution in [0.3, 0.4) is 0 Å². The number of nitrogens with zero attached hydrogens (tertiary/aromatic N) is 1. The third-order valence-corrected chi connectivity index (χ3v) is 4.04. The highest BCUT2D eigenvalue weighted by Gasteiger charge is 2.37. The summed E-state index contributed by atoms with van der Waals surface area (Å²) >= 11 is 0. The van der Waals surface area contributed by atoms with Gasteiger partial charge in [0, 0.05) is 19.5 Å². The summed E-state index contributed by atoms with van der Waals surface area (Å²) in [6.07, 6.45) is 0.352. The number of carboxylic acid groups (broad SMARTS) is 1. The van der Waals surface area contributed by atoms with Gasteiger partial charge in [-0.05, 0) is 11.1 Å². The van der Waals surface area contributed by atoms with Crippen LogP contribution in [0.4, 0.5) is 0 Å². The molecule has 2 aliphatic heterocycles. The number of morpholine rings is 1. The molecule has 1 aromatic rings. The van der Waals surface area contributed by atoms with E-state index in [0.717, 1.165) is 11.1 Å². The molecule has 2 atom stereocenters. The molecule has 6 heteroatoms. The first-order valence-electron chi connectivity index (χ1n) is 7.08. The van der Waals surface area contributed by atoms with Gasteiger partial charge in [-0.3, -0.25) is 4.79 Å². The van der Waals surface area contributed by atoms with Gasteiger partial charge in [-0.2, -0.15) is 0 Å². The highest BCUT2D eigenvalue weighted by atomic mass is 16.5. The Kier molecular flexibility index (Phi) is 3.90.